The molecule has 3 aromatic rings. The van der Waals surface area contributed by atoms with Gasteiger partial charge in [0.15, 0.2) is 5.69 Å². The first kappa shape index (κ1) is 23.1. The van der Waals surface area contributed by atoms with Gasteiger partial charge in [0, 0.05) is 30.3 Å². The summed E-state index contributed by atoms with van der Waals surface area (Å²) in [6.45, 7) is 1.95. The lowest BCUT2D eigenvalue weighted by Crippen LogP contribution is -2.30. The van der Waals surface area contributed by atoms with Crippen molar-refractivity contribution in [1.82, 2.24) is 19.7 Å². The van der Waals surface area contributed by atoms with E-state index in [1.54, 1.807) is 0 Å². The van der Waals surface area contributed by atoms with E-state index in [4.69, 9.17) is 0 Å². The Morgan fingerprint density at radius 1 is 1.09 bits per heavy atom. The van der Waals surface area contributed by atoms with Crippen molar-refractivity contribution in [2.75, 3.05) is 17.2 Å². The van der Waals surface area contributed by atoms with Gasteiger partial charge in [-0.3, -0.25) is 9.78 Å². The first-order valence-corrected chi connectivity index (χ1v) is 10.6. The predicted molar refractivity (Wildman–Crippen MR) is 107 cm³/mol. The van der Waals surface area contributed by atoms with Crippen LogP contribution >= 0.6 is 11.8 Å². The normalized spacial score (nSPS) is 14.0. The van der Waals surface area contributed by atoms with Gasteiger partial charge in [-0.05, 0) is 24.0 Å². The molecular formula is C20H15F6N5OS. The Kier molecular flexibility index (Phi) is 5.85. The molecule has 3 aromatic heterocycles. The van der Waals surface area contributed by atoms with Gasteiger partial charge in [0.1, 0.15) is 5.69 Å². The van der Waals surface area contributed by atoms with Crippen LogP contribution in [0, 0.1) is 0 Å². The minimum atomic E-state index is -4.61. The molecule has 0 saturated carbocycles. The van der Waals surface area contributed by atoms with Crippen LogP contribution in [0.15, 0.2) is 41.7 Å². The molecule has 33 heavy (non-hydrogen) atoms. The zero-order chi connectivity index (χ0) is 24.0. The maximum atomic E-state index is 13.2. The van der Waals surface area contributed by atoms with Gasteiger partial charge in [0.2, 0.25) is 0 Å². The van der Waals surface area contributed by atoms with Crippen molar-refractivity contribution in [3.05, 3.63) is 59.4 Å². The summed E-state index contributed by atoms with van der Waals surface area (Å²) in [4.78, 5) is 22.8. The third-order valence-corrected chi connectivity index (χ3v) is 5.78. The van der Waals surface area contributed by atoms with E-state index in [9.17, 15) is 31.1 Å². The molecule has 0 spiro atoms. The van der Waals surface area contributed by atoms with Crippen molar-refractivity contribution in [1.29, 1.82) is 0 Å². The number of rotatable bonds is 4. The van der Waals surface area contributed by atoms with Crippen LogP contribution < -0.4 is 4.90 Å². The molecule has 4 heterocycles. The SMILES string of the molecule is CCSc1cc(-n2ccc(C(F)(F)F)n2)cnc1C(=O)N1CCc2ncc(C(F)(F)F)cc21. The van der Waals surface area contributed by atoms with Crippen molar-refractivity contribution in [2.45, 2.75) is 30.6 Å². The Hall–Kier alpha value is -3.09. The number of aromatic nitrogens is 4. The lowest BCUT2D eigenvalue weighted by molar-refractivity contribution is -0.141. The molecule has 174 valence electrons. The molecule has 0 radical (unpaired) electrons. The van der Waals surface area contributed by atoms with Crippen LogP contribution in [-0.2, 0) is 18.8 Å². The number of nitrogens with zero attached hydrogens (tertiary/aromatic N) is 5. The minimum absolute atomic E-state index is 0.0148. The van der Waals surface area contributed by atoms with Crippen molar-refractivity contribution < 1.29 is 31.1 Å². The lowest BCUT2D eigenvalue weighted by Gasteiger charge is -2.19. The van der Waals surface area contributed by atoms with Gasteiger partial charge >= 0.3 is 12.4 Å². The molecular weight excluding hydrogens is 472 g/mol. The minimum Gasteiger partial charge on any atom is -0.305 e. The van der Waals surface area contributed by atoms with Crippen LogP contribution in [-0.4, -0.2) is 38.0 Å². The largest absolute Gasteiger partial charge is 0.435 e. The van der Waals surface area contributed by atoms with Crippen LogP contribution in [0.1, 0.15) is 34.4 Å². The number of halogens is 6. The zero-order valence-electron chi connectivity index (χ0n) is 16.9. The Morgan fingerprint density at radius 2 is 1.85 bits per heavy atom. The smallest absolute Gasteiger partial charge is 0.305 e. The number of amides is 1. The Bertz CT molecular complexity index is 1210. The molecule has 0 atom stereocenters. The van der Waals surface area contributed by atoms with Crippen LogP contribution in [0.2, 0.25) is 0 Å². The van der Waals surface area contributed by atoms with Gasteiger partial charge in [0.05, 0.1) is 28.8 Å². The second kappa shape index (κ2) is 8.36. The first-order valence-electron chi connectivity index (χ1n) is 9.63. The average Bonchev–Trinajstić information content (AvgIpc) is 3.40. The van der Waals surface area contributed by atoms with E-state index in [1.807, 2.05) is 6.92 Å². The standard InChI is InChI=1S/C20H15F6N5OS/c1-2-33-15-8-12(31-6-4-16(29-31)20(24,25)26)10-28-17(15)18(32)30-5-3-13-14(30)7-11(9-27-13)19(21,22)23/h4,6-10H,2-3,5H2,1H3. The van der Waals surface area contributed by atoms with Crippen LogP contribution in [0.25, 0.3) is 5.69 Å². The molecule has 0 aromatic carbocycles. The summed E-state index contributed by atoms with van der Waals surface area (Å²) in [6, 6.07) is 3.18. The second-order valence-corrected chi connectivity index (χ2v) is 8.32. The average molecular weight is 487 g/mol. The van der Waals surface area contributed by atoms with Gasteiger partial charge < -0.3 is 4.90 Å². The van der Waals surface area contributed by atoms with Crippen LogP contribution in [0.5, 0.6) is 0 Å². The Balaban J connectivity index is 1.69. The summed E-state index contributed by atoms with van der Waals surface area (Å²) in [6.07, 6.45) is -5.87. The molecule has 1 aliphatic heterocycles. The number of thioether (sulfide) groups is 1. The summed E-state index contributed by atoms with van der Waals surface area (Å²) < 4.78 is 78.9. The fraction of sp³-hybridized carbons (Fsp3) is 0.300. The van der Waals surface area contributed by atoms with Crippen molar-refractivity contribution in [3.8, 4) is 5.69 Å². The molecule has 1 aliphatic rings. The molecule has 4 rings (SSSR count). The second-order valence-electron chi connectivity index (χ2n) is 7.01. The Morgan fingerprint density at radius 3 is 2.48 bits per heavy atom. The highest BCUT2D eigenvalue weighted by atomic mass is 32.2. The lowest BCUT2D eigenvalue weighted by atomic mass is 10.2. The number of anilines is 1. The molecule has 13 heteroatoms. The van der Waals surface area contributed by atoms with E-state index in [2.05, 4.69) is 15.1 Å². The zero-order valence-corrected chi connectivity index (χ0v) is 17.7. The maximum Gasteiger partial charge on any atom is 0.435 e. The summed E-state index contributed by atoms with van der Waals surface area (Å²) in [5, 5.41) is 3.50. The highest BCUT2D eigenvalue weighted by molar-refractivity contribution is 7.99. The van der Waals surface area contributed by atoms with Gasteiger partial charge in [-0.25, -0.2) is 9.67 Å². The monoisotopic (exact) mass is 487 g/mol. The number of hydrogen-bond donors (Lipinski definition) is 0. The fourth-order valence-electron chi connectivity index (χ4n) is 3.34. The van der Waals surface area contributed by atoms with Gasteiger partial charge in [0.25, 0.3) is 5.91 Å². The summed E-state index contributed by atoms with van der Waals surface area (Å²) in [5.41, 5.74) is -1.41. The van der Waals surface area contributed by atoms with Gasteiger partial charge in [-0.1, -0.05) is 6.92 Å². The fourth-order valence-corrected chi connectivity index (χ4v) is 4.14. The number of pyridine rings is 2. The molecule has 6 nitrogen and oxygen atoms in total. The van der Waals surface area contributed by atoms with Crippen LogP contribution in [0.3, 0.4) is 0 Å². The number of alkyl halides is 6. The summed E-state index contributed by atoms with van der Waals surface area (Å²) in [7, 11) is 0. The molecule has 0 aliphatic carbocycles. The summed E-state index contributed by atoms with van der Waals surface area (Å²) >= 11 is 1.23. The van der Waals surface area contributed by atoms with E-state index in [-0.39, 0.29) is 23.6 Å². The van der Waals surface area contributed by atoms with Gasteiger partial charge in [-0.2, -0.15) is 31.4 Å². The predicted octanol–water partition coefficient (Wildman–Crippen LogP) is 5.01. The van der Waals surface area contributed by atoms with E-state index < -0.39 is 29.5 Å². The Labute approximate surface area is 187 Å². The quantitative estimate of drug-likeness (QED) is 0.382. The molecule has 0 bridgehead atoms. The maximum absolute atomic E-state index is 13.2. The molecule has 0 fully saturated rings. The third-order valence-electron chi connectivity index (χ3n) is 4.87. The first-order chi connectivity index (χ1) is 15.5. The van der Waals surface area contributed by atoms with Crippen molar-refractivity contribution >= 4 is 23.4 Å². The van der Waals surface area contributed by atoms with E-state index in [1.165, 1.54) is 28.9 Å². The van der Waals surface area contributed by atoms with Gasteiger partial charge in [-0.15, -0.1) is 11.8 Å². The number of carbonyl (C=O) groups excluding carboxylic acids is 1. The third kappa shape index (κ3) is 4.54. The topological polar surface area (TPSA) is 63.9 Å². The van der Waals surface area contributed by atoms with Crippen molar-refractivity contribution in [3.63, 3.8) is 0 Å². The molecule has 0 saturated heterocycles. The van der Waals surface area contributed by atoms with Crippen molar-refractivity contribution in [2.24, 2.45) is 0 Å². The van der Waals surface area contributed by atoms with E-state index >= 15 is 0 Å². The van der Waals surface area contributed by atoms with Crippen LogP contribution in [0.4, 0.5) is 32.0 Å². The number of carbonyl (C=O) groups is 1. The van der Waals surface area contributed by atoms with E-state index in [0.29, 0.717) is 22.8 Å². The molecule has 1 amide bonds. The number of fused-ring (bicyclic) bond motifs is 1. The number of hydrogen-bond acceptors (Lipinski definition) is 5. The summed E-state index contributed by atoms with van der Waals surface area (Å²) in [5.74, 6) is -0.0943. The molecule has 0 N–H and O–H groups in total. The van der Waals surface area contributed by atoms with E-state index in [0.717, 1.165) is 29.2 Å². The highest BCUT2D eigenvalue weighted by Gasteiger charge is 2.36. The molecule has 0 unspecified atom stereocenters. The highest BCUT2D eigenvalue weighted by Crippen LogP contribution is 2.36.